The summed E-state index contributed by atoms with van der Waals surface area (Å²) >= 11 is 0. The van der Waals surface area contributed by atoms with Crippen LogP contribution < -0.4 is 0 Å². The Kier molecular flexibility index (Phi) is 4.64. The molecule has 2 aliphatic carbocycles. The van der Waals surface area contributed by atoms with Crippen molar-refractivity contribution in [3.05, 3.63) is 11.6 Å². The summed E-state index contributed by atoms with van der Waals surface area (Å²) in [7, 11) is 1.47. The average molecular weight is 236 g/mol. The van der Waals surface area contributed by atoms with Gasteiger partial charge in [-0.2, -0.15) is 0 Å². The van der Waals surface area contributed by atoms with Gasteiger partial charge in [-0.3, -0.25) is 0 Å². The Balaban J connectivity index is 2.05. The lowest BCUT2D eigenvalue weighted by atomic mass is 9.71. The Morgan fingerprint density at radius 3 is 2.53 bits per heavy atom. The number of hydrogen-bond acceptors (Lipinski definition) is 2. The van der Waals surface area contributed by atoms with Crippen LogP contribution in [0.25, 0.3) is 0 Å². The summed E-state index contributed by atoms with van der Waals surface area (Å²) in [6, 6.07) is 0. The second-order valence-electron chi connectivity index (χ2n) is 5.49. The van der Waals surface area contributed by atoms with E-state index in [4.69, 9.17) is 4.74 Å². The van der Waals surface area contributed by atoms with Crippen LogP contribution in [0, 0.1) is 11.8 Å². The maximum absolute atomic E-state index is 11.4. The molecule has 0 aliphatic heterocycles. The van der Waals surface area contributed by atoms with E-state index >= 15 is 0 Å². The first-order chi connectivity index (χ1) is 8.31. The molecule has 0 saturated heterocycles. The maximum atomic E-state index is 11.4. The molecular formula is C15H24O2. The highest BCUT2D eigenvalue weighted by atomic mass is 16.5. The van der Waals surface area contributed by atoms with Crippen LogP contribution in [0.5, 0.6) is 0 Å². The molecule has 2 aliphatic rings. The first kappa shape index (κ1) is 12.7. The predicted octanol–water partition coefficient (Wildman–Crippen LogP) is 3.86. The molecule has 1 atom stereocenters. The molecule has 0 spiro atoms. The lowest BCUT2D eigenvalue weighted by molar-refractivity contribution is -0.134. The van der Waals surface area contributed by atoms with E-state index in [-0.39, 0.29) is 5.97 Å². The zero-order chi connectivity index (χ0) is 12.1. The van der Waals surface area contributed by atoms with E-state index in [1.165, 1.54) is 64.0 Å². The van der Waals surface area contributed by atoms with Gasteiger partial charge in [-0.05, 0) is 43.9 Å². The number of carbonyl (C=O) groups excluding carboxylic acids is 1. The van der Waals surface area contributed by atoms with E-state index in [9.17, 15) is 4.79 Å². The van der Waals surface area contributed by atoms with E-state index in [0.29, 0.717) is 5.92 Å². The molecule has 17 heavy (non-hydrogen) atoms. The fourth-order valence-electron chi connectivity index (χ4n) is 3.53. The van der Waals surface area contributed by atoms with Crippen molar-refractivity contribution in [1.29, 1.82) is 0 Å². The smallest absolute Gasteiger partial charge is 0.330 e. The Morgan fingerprint density at radius 2 is 1.82 bits per heavy atom. The number of allylic oxidation sites excluding steroid dienone is 1. The summed E-state index contributed by atoms with van der Waals surface area (Å²) in [5.41, 5.74) is 1.37. The van der Waals surface area contributed by atoms with Gasteiger partial charge >= 0.3 is 5.97 Å². The van der Waals surface area contributed by atoms with Crippen molar-refractivity contribution in [2.24, 2.45) is 11.8 Å². The molecule has 2 fully saturated rings. The molecule has 1 unspecified atom stereocenters. The summed E-state index contributed by atoms with van der Waals surface area (Å²) in [4.78, 5) is 11.4. The predicted molar refractivity (Wildman–Crippen MR) is 68.6 cm³/mol. The molecule has 96 valence electrons. The van der Waals surface area contributed by atoms with Gasteiger partial charge in [-0.25, -0.2) is 4.79 Å². The average Bonchev–Trinajstić information content (AvgIpc) is 2.40. The van der Waals surface area contributed by atoms with Crippen molar-refractivity contribution in [2.45, 2.75) is 57.8 Å². The molecule has 2 nitrogen and oxygen atoms in total. The third-order valence-electron chi connectivity index (χ3n) is 4.43. The first-order valence-electron chi connectivity index (χ1n) is 7.09. The molecule has 0 radical (unpaired) electrons. The number of rotatable bonds is 2. The molecule has 0 bridgehead atoms. The quantitative estimate of drug-likeness (QED) is 0.537. The topological polar surface area (TPSA) is 26.3 Å². The molecule has 0 heterocycles. The van der Waals surface area contributed by atoms with Crippen molar-refractivity contribution in [2.75, 3.05) is 7.11 Å². The van der Waals surface area contributed by atoms with Gasteiger partial charge in [0, 0.05) is 6.08 Å². The van der Waals surface area contributed by atoms with Gasteiger partial charge in [0.15, 0.2) is 0 Å². The Hall–Kier alpha value is -0.790. The second kappa shape index (κ2) is 6.23. The summed E-state index contributed by atoms with van der Waals surface area (Å²) in [5.74, 6) is 1.34. The maximum Gasteiger partial charge on any atom is 0.330 e. The highest BCUT2D eigenvalue weighted by molar-refractivity contribution is 5.82. The Bertz CT molecular complexity index is 287. The number of hydrogen-bond donors (Lipinski definition) is 0. The Labute approximate surface area is 104 Å². The minimum absolute atomic E-state index is 0.164. The zero-order valence-electron chi connectivity index (χ0n) is 10.9. The molecule has 2 saturated carbocycles. The number of ether oxygens (including phenoxy) is 1. The number of carbonyl (C=O) groups is 1. The van der Waals surface area contributed by atoms with Crippen LogP contribution in [0.4, 0.5) is 0 Å². The highest BCUT2D eigenvalue weighted by Crippen LogP contribution is 2.41. The van der Waals surface area contributed by atoms with E-state index in [1.54, 1.807) is 6.08 Å². The van der Waals surface area contributed by atoms with Crippen molar-refractivity contribution in [1.82, 2.24) is 0 Å². The summed E-state index contributed by atoms with van der Waals surface area (Å²) in [5, 5.41) is 0. The molecule has 0 aromatic rings. The lowest BCUT2D eigenvalue weighted by Crippen LogP contribution is -2.23. The minimum atomic E-state index is -0.164. The lowest BCUT2D eigenvalue weighted by Gasteiger charge is -2.35. The summed E-state index contributed by atoms with van der Waals surface area (Å²) in [6.45, 7) is 0. The molecule has 0 N–H and O–H groups in total. The van der Waals surface area contributed by atoms with Crippen molar-refractivity contribution >= 4 is 5.97 Å². The van der Waals surface area contributed by atoms with Crippen molar-refractivity contribution in [3.8, 4) is 0 Å². The highest BCUT2D eigenvalue weighted by Gasteiger charge is 2.28. The standard InChI is InChI=1S/C15H24O2/c1-17-15(16)11-13-9-5-6-10-14(13)12-7-3-2-4-8-12/h11-12,14H,2-10H2,1H3/b13-11-. The largest absolute Gasteiger partial charge is 0.466 e. The molecule has 0 aromatic carbocycles. The van der Waals surface area contributed by atoms with Crippen LogP contribution in [-0.2, 0) is 9.53 Å². The van der Waals surface area contributed by atoms with E-state index in [2.05, 4.69) is 0 Å². The van der Waals surface area contributed by atoms with Crippen LogP contribution in [0.15, 0.2) is 11.6 Å². The summed E-state index contributed by atoms with van der Waals surface area (Å²) in [6.07, 6.45) is 13.6. The zero-order valence-corrected chi connectivity index (χ0v) is 10.9. The Morgan fingerprint density at radius 1 is 1.12 bits per heavy atom. The number of esters is 1. The summed E-state index contributed by atoms with van der Waals surface area (Å²) < 4.78 is 4.77. The van der Waals surface area contributed by atoms with Crippen LogP contribution in [0.2, 0.25) is 0 Å². The van der Waals surface area contributed by atoms with Crippen molar-refractivity contribution in [3.63, 3.8) is 0 Å². The fraction of sp³-hybridized carbons (Fsp3) is 0.800. The molecule has 0 amide bonds. The van der Waals surface area contributed by atoms with Crippen LogP contribution in [-0.4, -0.2) is 13.1 Å². The van der Waals surface area contributed by atoms with Crippen LogP contribution >= 0.6 is 0 Å². The van der Waals surface area contributed by atoms with Gasteiger partial charge in [-0.1, -0.05) is 31.3 Å². The molecule has 2 heteroatoms. The third kappa shape index (κ3) is 3.34. The van der Waals surface area contributed by atoms with E-state index in [0.717, 1.165) is 12.3 Å². The van der Waals surface area contributed by atoms with Crippen LogP contribution in [0.3, 0.4) is 0 Å². The van der Waals surface area contributed by atoms with Gasteiger partial charge in [-0.15, -0.1) is 0 Å². The normalized spacial score (nSPS) is 29.2. The van der Waals surface area contributed by atoms with Gasteiger partial charge < -0.3 is 4.74 Å². The molecule has 2 rings (SSSR count). The van der Waals surface area contributed by atoms with Gasteiger partial charge in [0.25, 0.3) is 0 Å². The number of methoxy groups -OCH3 is 1. The van der Waals surface area contributed by atoms with E-state index < -0.39 is 0 Å². The minimum Gasteiger partial charge on any atom is -0.466 e. The van der Waals surface area contributed by atoms with Crippen molar-refractivity contribution < 1.29 is 9.53 Å². The van der Waals surface area contributed by atoms with E-state index in [1.807, 2.05) is 0 Å². The monoisotopic (exact) mass is 236 g/mol. The molecular weight excluding hydrogens is 212 g/mol. The third-order valence-corrected chi connectivity index (χ3v) is 4.43. The van der Waals surface area contributed by atoms with Gasteiger partial charge in [0.05, 0.1) is 7.11 Å². The van der Waals surface area contributed by atoms with Crippen LogP contribution in [0.1, 0.15) is 57.8 Å². The second-order valence-corrected chi connectivity index (χ2v) is 5.49. The molecule has 0 aromatic heterocycles. The SMILES string of the molecule is COC(=O)/C=C1/CCCCC1C1CCCCC1. The van der Waals surface area contributed by atoms with Gasteiger partial charge in [0.2, 0.25) is 0 Å². The fourth-order valence-corrected chi connectivity index (χ4v) is 3.53. The first-order valence-corrected chi connectivity index (χ1v) is 7.09. The van der Waals surface area contributed by atoms with Gasteiger partial charge in [0.1, 0.15) is 0 Å².